The average molecular weight is 368 g/mol. The predicted molar refractivity (Wildman–Crippen MR) is 101 cm³/mol. The number of hydrogen-bond donors (Lipinski definition) is 2. The third-order valence-electron chi connectivity index (χ3n) is 4.33. The molecule has 0 bridgehead atoms. The Morgan fingerprint density at radius 2 is 1.96 bits per heavy atom. The van der Waals surface area contributed by atoms with E-state index in [1.807, 2.05) is 6.92 Å². The van der Waals surface area contributed by atoms with Crippen molar-refractivity contribution in [3.63, 3.8) is 0 Å². The molecule has 0 radical (unpaired) electrons. The van der Waals surface area contributed by atoms with Crippen LogP contribution in [0.4, 0.5) is 8.78 Å². The molecule has 0 spiro atoms. The maximum absolute atomic E-state index is 12.5. The summed E-state index contributed by atoms with van der Waals surface area (Å²) in [5, 5.41) is 6.55. The Bertz CT molecular complexity index is 562. The minimum Gasteiger partial charge on any atom is -0.434 e. The van der Waals surface area contributed by atoms with E-state index in [1.165, 1.54) is 32.0 Å². The Balaban J connectivity index is 1.89. The lowest BCUT2D eigenvalue weighted by Crippen LogP contribution is -2.41. The van der Waals surface area contributed by atoms with Gasteiger partial charge in [-0.05, 0) is 44.8 Å². The van der Waals surface area contributed by atoms with Crippen molar-refractivity contribution in [2.24, 2.45) is 10.9 Å². The summed E-state index contributed by atoms with van der Waals surface area (Å²) in [6.07, 6.45) is 2.59. The molecule has 1 atom stereocenters. The summed E-state index contributed by atoms with van der Waals surface area (Å²) < 4.78 is 29.6. The van der Waals surface area contributed by atoms with Gasteiger partial charge in [0, 0.05) is 25.2 Å². The topological polar surface area (TPSA) is 48.9 Å². The first kappa shape index (κ1) is 20.4. The standard InChI is InChI=1S/C19H30F2N4O/c1-3-22-19(23-12-15(2)14-25-10-6-7-11-25)24-13-16-8-4-5-9-17(16)26-18(20)21/h4-5,8-9,15,18H,3,6-7,10-14H2,1-2H3,(H2,22,23,24). The summed E-state index contributed by atoms with van der Waals surface area (Å²) in [5.41, 5.74) is 0.634. The number of aliphatic imine (C=N–C) groups is 1. The maximum Gasteiger partial charge on any atom is 0.387 e. The van der Waals surface area contributed by atoms with Crippen LogP contribution in [0, 0.1) is 5.92 Å². The number of rotatable bonds is 9. The van der Waals surface area contributed by atoms with E-state index in [-0.39, 0.29) is 12.3 Å². The summed E-state index contributed by atoms with van der Waals surface area (Å²) in [5.74, 6) is 1.36. The molecule has 1 saturated heterocycles. The first-order valence-electron chi connectivity index (χ1n) is 9.35. The highest BCUT2D eigenvalue weighted by Gasteiger charge is 2.15. The second-order valence-electron chi connectivity index (χ2n) is 6.68. The van der Waals surface area contributed by atoms with Gasteiger partial charge in [0.2, 0.25) is 0 Å². The Hall–Kier alpha value is -1.89. The predicted octanol–water partition coefficient (Wildman–Crippen LogP) is 3.08. The lowest BCUT2D eigenvalue weighted by molar-refractivity contribution is -0.0504. The molecule has 0 aliphatic carbocycles. The number of alkyl halides is 2. The lowest BCUT2D eigenvalue weighted by atomic mass is 10.1. The molecule has 1 aliphatic heterocycles. The zero-order chi connectivity index (χ0) is 18.8. The molecular formula is C19H30F2N4O. The first-order chi connectivity index (χ1) is 12.6. The van der Waals surface area contributed by atoms with Crippen molar-refractivity contribution in [1.29, 1.82) is 0 Å². The Kier molecular flexibility index (Phi) is 8.61. The van der Waals surface area contributed by atoms with E-state index in [1.54, 1.807) is 18.2 Å². The van der Waals surface area contributed by atoms with Gasteiger partial charge in [0.25, 0.3) is 0 Å². The lowest BCUT2D eigenvalue weighted by Gasteiger charge is -2.21. The second kappa shape index (κ2) is 11.0. The van der Waals surface area contributed by atoms with Gasteiger partial charge in [-0.1, -0.05) is 25.1 Å². The number of ether oxygens (including phenoxy) is 1. The highest BCUT2D eigenvalue weighted by Crippen LogP contribution is 2.20. The van der Waals surface area contributed by atoms with Crippen molar-refractivity contribution in [1.82, 2.24) is 15.5 Å². The van der Waals surface area contributed by atoms with Gasteiger partial charge in [-0.15, -0.1) is 0 Å². The van der Waals surface area contributed by atoms with Crippen molar-refractivity contribution in [3.05, 3.63) is 29.8 Å². The first-order valence-corrected chi connectivity index (χ1v) is 9.35. The molecule has 2 N–H and O–H groups in total. The van der Waals surface area contributed by atoms with Gasteiger partial charge in [0.15, 0.2) is 5.96 Å². The van der Waals surface area contributed by atoms with Crippen molar-refractivity contribution in [2.75, 3.05) is 32.7 Å². The van der Waals surface area contributed by atoms with Gasteiger partial charge in [-0.3, -0.25) is 0 Å². The zero-order valence-corrected chi connectivity index (χ0v) is 15.7. The molecule has 1 aliphatic rings. The molecule has 1 aromatic carbocycles. The number of hydrogen-bond acceptors (Lipinski definition) is 3. The van der Waals surface area contributed by atoms with Crippen LogP contribution in [0.2, 0.25) is 0 Å². The molecule has 1 heterocycles. The van der Waals surface area contributed by atoms with E-state index >= 15 is 0 Å². The van der Waals surface area contributed by atoms with Gasteiger partial charge in [-0.25, -0.2) is 4.99 Å². The molecule has 146 valence electrons. The van der Waals surface area contributed by atoms with Crippen LogP contribution in [0.3, 0.4) is 0 Å². The van der Waals surface area contributed by atoms with Crippen molar-refractivity contribution >= 4 is 5.96 Å². The molecule has 7 heteroatoms. The Morgan fingerprint density at radius 1 is 1.23 bits per heavy atom. The maximum atomic E-state index is 12.5. The average Bonchev–Trinajstić information content (AvgIpc) is 3.11. The number of nitrogens with one attached hydrogen (secondary N) is 2. The minimum atomic E-state index is -2.84. The van der Waals surface area contributed by atoms with Crippen molar-refractivity contribution in [2.45, 2.75) is 39.8 Å². The highest BCUT2D eigenvalue weighted by atomic mass is 19.3. The van der Waals surface area contributed by atoms with Gasteiger partial charge in [0.05, 0.1) is 6.54 Å². The third-order valence-corrected chi connectivity index (χ3v) is 4.33. The number of benzene rings is 1. The highest BCUT2D eigenvalue weighted by molar-refractivity contribution is 5.79. The molecule has 0 aromatic heterocycles. The van der Waals surface area contributed by atoms with Crippen LogP contribution in [-0.2, 0) is 6.54 Å². The molecule has 0 amide bonds. The molecule has 2 rings (SSSR count). The van der Waals surface area contributed by atoms with Crippen LogP contribution in [0.15, 0.2) is 29.3 Å². The van der Waals surface area contributed by atoms with E-state index in [4.69, 9.17) is 0 Å². The van der Waals surface area contributed by atoms with Crippen LogP contribution in [-0.4, -0.2) is 50.2 Å². The minimum absolute atomic E-state index is 0.171. The summed E-state index contributed by atoms with van der Waals surface area (Å²) in [4.78, 5) is 7.01. The normalized spacial score (nSPS) is 16.7. The molecule has 1 aromatic rings. The fourth-order valence-electron chi connectivity index (χ4n) is 3.09. The number of likely N-dealkylation sites (tertiary alicyclic amines) is 1. The van der Waals surface area contributed by atoms with E-state index in [9.17, 15) is 8.78 Å². The van der Waals surface area contributed by atoms with Crippen molar-refractivity contribution < 1.29 is 13.5 Å². The summed E-state index contributed by atoms with van der Waals surface area (Å²) in [7, 11) is 0. The van der Waals surface area contributed by atoms with E-state index in [0.717, 1.165) is 19.6 Å². The van der Waals surface area contributed by atoms with Crippen LogP contribution >= 0.6 is 0 Å². The van der Waals surface area contributed by atoms with Gasteiger partial charge in [0.1, 0.15) is 5.75 Å². The van der Waals surface area contributed by atoms with E-state index < -0.39 is 6.61 Å². The van der Waals surface area contributed by atoms with Crippen LogP contribution in [0.5, 0.6) is 5.75 Å². The molecule has 26 heavy (non-hydrogen) atoms. The molecule has 5 nitrogen and oxygen atoms in total. The van der Waals surface area contributed by atoms with Gasteiger partial charge < -0.3 is 20.3 Å². The third kappa shape index (κ3) is 7.15. The quantitative estimate of drug-likeness (QED) is 0.520. The molecular weight excluding hydrogens is 338 g/mol. The van der Waals surface area contributed by atoms with Gasteiger partial charge in [-0.2, -0.15) is 8.78 Å². The summed E-state index contributed by atoms with van der Waals surface area (Å²) in [6.45, 7) is 6.69. The summed E-state index contributed by atoms with van der Waals surface area (Å²) >= 11 is 0. The van der Waals surface area contributed by atoms with Crippen molar-refractivity contribution in [3.8, 4) is 5.75 Å². The largest absolute Gasteiger partial charge is 0.434 e. The Morgan fingerprint density at radius 3 is 2.65 bits per heavy atom. The number of halogens is 2. The summed E-state index contributed by atoms with van der Waals surface area (Å²) in [6, 6.07) is 6.76. The number of para-hydroxylation sites is 1. The monoisotopic (exact) mass is 368 g/mol. The van der Waals surface area contributed by atoms with Gasteiger partial charge >= 0.3 is 6.61 Å². The van der Waals surface area contributed by atoms with Crippen LogP contribution in [0.25, 0.3) is 0 Å². The second-order valence-corrected chi connectivity index (χ2v) is 6.68. The molecule has 1 unspecified atom stereocenters. The van der Waals surface area contributed by atoms with Crippen LogP contribution < -0.4 is 15.4 Å². The number of guanidine groups is 1. The SMILES string of the molecule is CCNC(=NCc1ccccc1OC(F)F)NCC(C)CN1CCCC1. The number of nitrogens with zero attached hydrogens (tertiary/aromatic N) is 2. The fourth-order valence-corrected chi connectivity index (χ4v) is 3.09. The van der Waals surface area contributed by atoms with E-state index in [0.29, 0.717) is 17.4 Å². The smallest absolute Gasteiger partial charge is 0.387 e. The fraction of sp³-hybridized carbons (Fsp3) is 0.632. The Labute approximate surface area is 154 Å². The zero-order valence-electron chi connectivity index (χ0n) is 15.7. The molecule has 0 saturated carbocycles. The van der Waals surface area contributed by atoms with Crippen LogP contribution in [0.1, 0.15) is 32.3 Å². The van der Waals surface area contributed by atoms with E-state index in [2.05, 4.69) is 32.2 Å². The molecule has 1 fully saturated rings.